The van der Waals surface area contributed by atoms with Gasteiger partial charge in [0.2, 0.25) is 15.9 Å². The van der Waals surface area contributed by atoms with Gasteiger partial charge in [-0.05, 0) is 37.2 Å². The molecule has 3 rings (SSSR count). The molecule has 7 nitrogen and oxygen atoms in total. The Morgan fingerprint density at radius 3 is 2.56 bits per heavy atom. The van der Waals surface area contributed by atoms with Crippen LogP contribution in [0, 0.1) is 5.41 Å². The molecule has 1 aromatic heterocycles. The number of piperidine rings is 1. The van der Waals surface area contributed by atoms with Gasteiger partial charge in [0.05, 0.1) is 12.9 Å². The van der Waals surface area contributed by atoms with Crippen LogP contribution in [-0.2, 0) is 10.0 Å². The monoisotopic (exact) mass is 415 g/mol. The Kier molecular flexibility index (Phi) is 5.98. The molecule has 27 heavy (non-hydrogen) atoms. The van der Waals surface area contributed by atoms with Crippen molar-refractivity contribution in [3.63, 3.8) is 0 Å². The van der Waals surface area contributed by atoms with Crippen LogP contribution in [0.2, 0.25) is 5.15 Å². The standard InChI is InChI=1S/C18H26ClN3O4S/c1-3-10-27(24,25)22-9-6-18(13-22)4-7-21(8-5-18)17(23)14-11-15(19)20-16(12-14)26-2/h11-12H,3-10,13H2,1-2H3. The zero-order valence-electron chi connectivity index (χ0n) is 15.8. The highest BCUT2D eigenvalue weighted by atomic mass is 35.5. The molecule has 1 spiro atoms. The summed E-state index contributed by atoms with van der Waals surface area (Å²) in [6.07, 6.45) is 3.12. The van der Waals surface area contributed by atoms with Gasteiger partial charge in [0.1, 0.15) is 5.15 Å². The summed E-state index contributed by atoms with van der Waals surface area (Å²) in [5.41, 5.74) is 0.451. The highest BCUT2D eigenvalue weighted by molar-refractivity contribution is 7.89. The van der Waals surface area contributed by atoms with Crippen LogP contribution in [0.3, 0.4) is 0 Å². The molecule has 9 heteroatoms. The largest absolute Gasteiger partial charge is 0.481 e. The molecule has 0 N–H and O–H groups in total. The van der Waals surface area contributed by atoms with Gasteiger partial charge in [-0.2, -0.15) is 0 Å². The summed E-state index contributed by atoms with van der Waals surface area (Å²) in [7, 11) is -1.67. The van der Waals surface area contributed by atoms with E-state index >= 15 is 0 Å². The number of aromatic nitrogens is 1. The molecule has 0 saturated carbocycles. The minimum atomic E-state index is -3.15. The molecular weight excluding hydrogens is 390 g/mol. The predicted octanol–water partition coefficient (Wildman–Crippen LogP) is 2.41. The first-order chi connectivity index (χ1) is 12.8. The molecule has 3 heterocycles. The Morgan fingerprint density at radius 2 is 1.93 bits per heavy atom. The molecule has 0 unspecified atom stereocenters. The fourth-order valence-corrected chi connectivity index (χ4v) is 5.81. The Hall–Kier alpha value is -1.38. The number of sulfonamides is 1. The maximum Gasteiger partial charge on any atom is 0.254 e. The Bertz CT molecular complexity index is 807. The van der Waals surface area contributed by atoms with Crippen molar-refractivity contribution in [3.8, 4) is 5.88 Å². The lowest BCUT2D eigenvalue weighted by Crippen LogP contribution is -2.44. The predicted molar refractivity (Wildman–Crippen MR) is 104 cm³/mol. The summed E-state index contributed by atoms with van der Waals surface area (Å²) in [5, 5.41) is 0.221. The van der Waals surface area contributed by atoms with Gasteiger partial charge in [0.25, 0.3) is 5.91 Å². The maximum atomic E-state index is 12.8. The van der Waals surface area contributed by atoms with Crippen molar-refractivity contribution >= 4 is 27.5 Å². The van der Waals surface area contributed by atoms with Gasteiger partial charge in [0, 0.05) is 37.8 Å². The van der Waals surface area contributed by atoms with E-state index in [1.165, 1.54) is 7.11 Å². The molecule has 2 fully saturated rings. The number of methoxy groups -OCH3 is 1. The number of nitrogens with zero attached hydrogens (tertiary/aromatic N) is 3. The number of ether oxygens (including phenoxy) is 1. The first-order valence-corrected chi connectivity index (χ1v) is 11.3. The van der Waals surface area contributed by atoms with Crippen molar-refractivity contribution in [2.45, 2.75) is 32.6 Å². The lowest BCUT2D eigenvalue weighted by molar-refractivity contribution is 0.0599. The number of likely N-dealkylation sites (tertiary alicyclic amines) is 1. The number of halogens is 1. The topological polar surface area (TPSA) is 79.8 Å². The molecule has 2 saturated heterocycles. The van der Waals surface area contributed by atoms with Crippen LogP contribution in [0.5, 0.6) is 5.88 Å². The van der Waals surface area contributed by atoms with Gasteiger partial charge in [-0.3, -0.25) is 4.79 Å². The Morgan fingerprint density at radius 1 is 1.26 bits per heavy atom. The van der Waals surface area contributed by atoms with E-state index in [0.29, 0.717) is 44.0 Å². The molecule has 0 aromatic carbocycles. The summed E-state index contributed by atoms with van der Waals surface area (Å²) in [5.74, 6) is 0.422. The number of carbonyl (C=O) groups excluding carboxylic acids is 1. The third-order valence-corrected chi connectivity index (χ3v) is 7.81. The summed E-state index contributed by atoms with van der Waals surface area (Å²) in [4.78, 5) is 18.6. The van der Waals surface area contributed by atoms with Gasteiger partial charge in [0.15, 0.2) is 0 Å². The Balaban J connectivity index is 1.64. The van der Waals surface area contributed by atoms with Crippen LogP contribution in [0.4, 0.5) is 0 Å². The van der Waals surface area contributed by atoms with Gasteiger partial charge in [-0.15, -0.1) is 0 Å². The van der Waals surface area contributed by atoms with Gasteiger partial charge >= 0.3 is 0 Å². The molecule has 0 aliphatic carbocycles. The van der Waals surface area contributed by atoms with Crippen molar-refractivity contribution in [2.24, 2.45) is 5.41 Å². The second kappa shape index (κ2) is 7.93. The smallest absolute Gasteiger partial charge is 0.254 e. The van der Waals surface area contributed by atoms with Crippen LogP contribution in [0.15, 0.2) is 12.1 Å². The van der Waals surface area contributed by atoms with Crippen molar-refractivity contribution in [3.05, 3.63) is 22.8 Å². The van der Waals surface area contributed by atoms with E-state index in [-0.39, 0.29) is 22.2 Å². The van der Waals surface area contributed by atoms with Gasteiger partial charge < -0.3 is 9.64 Å². The van der Waals surface area contributed by atoms with Crippen LogP contribution in [0.25, 0.3) is 0 Å². The van der Waals surface area contributed by atoms with E-state index in [2.05, 4.69) is 4.98 Å². The molecule has 1 aromatic rings. The zero-order valence-corrected chi connectivity index (χ0v) is 17.4. The normalized spacial score (nSPS) is 20.2. The summed E-state index contributed by atoms with van der Waals surface area (Å²) >= 11 is 5.97. The van der Waals surface area contributed by atoms with Crippen molar-refractivity contribution < 1.29 is 17.9 Å². The number of amides is 1. The van der Waals surface area contributed by atoms with Crippen LogP contribution in [0.1, 0.15) is 43.0 Å². The van der Waals surface area contributed by atoms with Crippen molar-refractivity contribution in [1.82, 2.24) is 14.2 Å². The molecule has 0 atom stereocenters. The average Bonchev–Trinajstić information content (AvgIpc) is 3.06. The third kappa shape index (κ3) is 4.38. The van der Waals surface area contributed by atoms with Crippen molar-refractivity contribution in [2.75, 3.05) is 39.0 Å². The van der Waals surface area contributed by atoms with Crippen LogP contribution in [-0.4, -0.2) is 67.6 Å². The van der Waals surface area contributed by atoms with Crippen molar-refractivity contribution in [1.29, 1.82) is 0 Å². The summed E-state index contributed by atoms with van der Waals surface area (Å²) < 4.78 is 31.4. The quantitative estimate of drug-likeness (QED) is 0.690. The maximum absolute atomic E-state index is 12.8. The number of pyridine rings is 1. The van der Waals surface area contributed by atoms with Crippen LogP contribution >= 0.6 is 11.6 Å². The number of hydrogen-bond donors (Lipinski definition) is 0. The van der Waals surface area contributed by atoms with E-state index in [1.54, 1.807) is 21.3 Å². The summed E-state index contributed by atoms with van der Waals surface area (Å²) in [6.45, 7) is 4.28. The SMILES string of the molecule is CCCS(=O)(=O)N1CCC2(CCN(C(=O)c3cc(Cl)nc(OC)c3)CC2)C1. The van der Waals surface area contributed by atoms with Crippen LogP contribution < -0.4 is 4.74 Å². The molecule has 2 aliphatic heterocycles. The fourth-order valence-electron chi connectivity index (χ4n) is 3.99. The minimum Gasteiger partial charge on any atom is -0.481 e. The number of hydrogen-bond acceptors (Lipinski definition) is 5. The first kappa shape index (κ1) is 20.4. The minimum absolute atomic E-state index is 0.00876. The first-order valence-electron chi connectivity index (χ1n) is 9.27. The van der Waals surface area contributed by atoms with Gasteiger partial charge in [-0.25, -0.2) is 17.7 Å². The second-order valence-corrected chi connectivity index (χ2v) is 9.89. The highest BCUT2D eigenvalue weighted by Crippen LogP contribution is 2.41. The summed E-state index contributed by atoms with van der Waals surface area (Å²) in [6, 6.07) is 3.14. The molecule has 2 aliphatic rings. The lowest BCUT2D eigenvalue weighted by Gasteiger charge is -2.39. The van der Waals surface area contributed by atoms with E-state index < -0.39 is 10.0 Å². The molecule has 0 radical (unpaired) electrons. The molecule has 0 bridgehead atoms. The van der Waals surface area contributed by atoms with E-state index in [0.717, 1.165) is 19.3 Å². The molecule has 1 amide bonds. The second-order valence-electron chi connectivity index (χ2n) is 7.41. The molecular formula is C18H26ClN3O4S. The van der Waals surface area contributed by atoms with E-state index in [4.69, 9.17) is 16.3 Å². The zero-order chi connectivity index (χ0) is 19.7. The average molecular weight is 416 g/mol. The highest BCUT2D eigenvalue weighted by Gasteiger charge is 2.44. The molecule has 150 valence electrons. The Labute approximate surface area is 165 Å². The lowest BCUT2D eigenvalue weighted by atomic mass is 9.78. The van der Waals surface area contributed by atoms with E-state index in [1.807, 2.05) is 6.92 Å². The fraction of sp³-hybridized carbons (Fsp3) is 0.667. The van der Waals surface area contributed by atoms with Gasteiger partial charge in [-0.1, -0.05) is 18.5 Å². The number of carbonyl (C=O) groups is 1. The number of rotatable bonds is 5. The third-order valence-electron chi connectivity index (χ3n) is 5.60. The van der Waals surface area contributed by atoms with E-state index in [9.17, 15) is 13.2 Å².